The quantitative estimate of drug-likeness (QED) is 0.744. The van der Waals surface area contributed by atoms with Gasteiger partial charge in [0.15, 0.2) is 0 Å². The number of hydrogen-bond donors (Lipinski definition) is 2. The molecule has 0 aliphatic heterocycles. The van der Waals surface area contributed by atoms with E-state index in [2.05, 4.69) is 16.9 Å². The summed E-state index contributed by atoms with van der Waals surface area (Å²) in [5, 5.41) is 11.3. The largest absolute Gasteiger partial charge is 0.477 e. The molecule has 5 heteroatoms. The molecule has 1 atom stereocenters. The minimum absolute atomic E-state index is 0.0895. The lowest BCUT2D eigenvalue weighted by Crippen LogP contribution is -2.30. The SMILES string of the molecule is C=CC(C)NC(=O)c1ccc(C(=O)O)nc1. The Hall–Kier alpha value is -2.17. The van der Waals surface area contributed by atoms with Gasteiger partial charge >= 0.3 is 5.97 Å². The summed E-state index contributed by atoms with van der Waals surface area (Å²) in [4.78, 5) is 25.7. The van der Waals surface area contributed by atoms with Crippen LogP contribution in [-0.2, 0) is 0 Å². The van der Waals surface area contributed by atoms with Gasteiger partial charge in [0.1, 0.15) is 5.69 Å². The number of rotatable bonds is 4. The highest BCUT2D eigenvalue weighted by molar-refractivity contribution is 5.95. The molecule has 0 aliphatic carbocycles. The molecule has 1 amide bonds. The fourth-order valence-corrected chi connectivity index (χ4v) is 1.00. The van der Waals surface area contributed by atoms with E-state index in [-0.39, 0.29) is 17.6 Å². The van der Waals surface area contributed by atoms with E-state index in [9.17, 15) is 9.59 Å². The van der Waals surface area contributed by atoms with Crippen molar-refractivity contribution >= 4 is 11.9 Å². The first-order valence-electron chi connectivity index (χ1n) is 4.67. The van der Waals surface area contributed by atoms with Crippen LogP contribution in [0.4, 0.5) is 0 Å². The fraction of sp³-hybridized carbons (Fsp3) is 0.182. The number of carboxylic acid groups (broad SMARTS) is 1. The summed E-state index contributed by atoms with van der Waals surface area (Å²) in [5.74, 6) is -1.43. The normalized spacial score (nSPS) is 11.6. The van der Waals surface area contributed by atoms with E-state index in [1.165, 1.54) is 18.3 Å². The zero-order valence-corrected chi connectivity index (χ0v) is 8.80. The lowest BCUT2D eigenvalue weighted by atomic mass is 10.2. The molecule has 1 aromatic heterocycles. The number of carbonyl (C=O) groups is 2. The van der Waals surface area contributed by atoms with Gasteiger partial charge in [-0.1, -0.05) is 6.08 Å². The highest BCUT2D eigenvalue weighted by atomic mass is 16.4. The number of pyridine rings is 1. The monoisotopic (exact) mass is 220 g/mol. The maximum atomic E-state index is 11.5. The summed E-state index contributed by atoms with van der Waals surface area (Å²) in [6.07, 6.45) is 2.82. The number of amides is 1. The number of carbonyl (C=O) groups excluding carboxylic acids is 1. The Morgan fingerprint density at radius 2 is 2.25 bits per heavy atom. The van der Waals surface area contributed by atoms with Crippen molar-refractivity contribution in [3.63, 3.8) is 0 Å². The number of nitrogens with zero attached hydrogens (tertiary/aromatic N) is 1. The summed E-state index contributed by atoms with van der Waals surface area (Å²) in [7, 11) is 0. The molecule has 1 unspecified atom stereocenters. The fourth-order valence-electron chi connectivity index (χ4n) is 1.00. The van der Waals surface area contributed by atoms with Gasteiger partial charge in [-0.2, -0.15) is 0 Å². The van der Waals surface area contributed by atoms with Gasteiger partial charge in [-0.15, -0.1) is 6.58 Å². The third-order valence-electron chi connectivity index (χ3n) is 1.96. The highest BCUT2D eigenvalue weighted by Gasteiger charge is 2.09. The average Bonchev–Trinajstić information content (AvgIpc) is 2.28. The van der Waals surface area contributed by atoms with Gasteiger partial charge in [-0.05, 0) is 19.1 Å². The van der Waals surface area contributed by atoms with E-state index in [0.29, 0.717) is 5.56 Å². The van der Waals surface area contributed by atoms with Crippen LogP contribution in [0.1, 0.15) is 27.8 Å². The van der Waals surface area contributed by atoms with Gasteiger partial charge in [0.05, 0.1) is 5.56 Å². The van der Waals surface area contributed by atoms with Crippen molar-refractivity contribution < 1.29 is 14.7 Å². The highest BCUT2D eigenvalue weighted by Crippen LogP contribution is 2.01. The summed E-state index contributed by atoms with van der Waals surface area (Å²) in [6, 6.07) is 2.56. The molecular weight excluding hydrogens is 208 g/mol. The molecule has 2 N–H and O–H groups in total. The van der Waals surface area contributed by atoms with Crippen LogP contribution in [0.25, 0.3) is 0 Å². The van der Waals surface area contributed by atoms with E-state index in [1.807, 2.05) is 0 Å². The summed E-state index contributed by atoms with van der Waals surface area (Å²) in [6.45, 7) is 5.32. The molecule has 1 rings (SSSR count). The molecule has 0 saturated heterocycles. The summed E-state index contributed by atoms with van der Waals surface area (Å²) >= 11 is 0. The van der Waals surface area contributed by atoms with Gasteiger partial charge in [-0.25, -0.2) is 9.78 Å². The van der Waals surface area contributed by atoms with Crippen molar-refractivity contribution in [2.45, 2.75) is 13.0 Å². The van der Waals surface area contributed by atoms with Crippen LogP contribution in [-0.4, -0.2) is 28.0 Å². The lowest BCUT2D eigenvalue weighted by Gasteiger charge is -2.08. The Balaban J connectivity index is 2.77. The van der Waals surface area contributed by atoms with Crippen molar-refractivity contribution in [3.8, 4) is 0 Å². The van der Waals surface area contributed by atoms with E-state index >= 15 is 0 Å². The molecule has 0 bridgehead atoms. The van der Waals surface area contributed by atoms with E-state index in [4.69, 9.17) is 5.11 Å². The van der Waals surface area contributed by atoms with Crippen LogP contribution in [0.3, 0.4) is 0 Å². The molecule has 0 aromatic carbocycles. The Morgan fingerprint density at radius 1 is 1.56 bits per heavy atom. The van der Waals surface area contributed by atoms with Gasteiger partial charge in [-0.3, -0.25) is 4.79 Å². The molecule has 0 spiro atoms. The third-order valence-corrected chi connectivity index (χ3v) is 1.96. The van der Waals surface area contributed by atoms with Gasteiger partial charge in [0, 0.05) is 12.2 Å². The maximum Gasteiger partial charge on any atom is 0.354 e. The first kappa shape index (κ1) is 11.9. The predicted octanol–water partition coefficient (Wildman–Crippen LogP) is 1.08. The average molecular weight is 220 g/mol. The molecule has 0 radical (unpaired) electrons. The number of hydrogen-bond acceptors (Lipinski definition) is 3. The number of aromatic nitrogens is 1. The van der Waals surface area contributed by atoms with Gasteiger partial charge < -0.3 is 10.4 Å². The number of carboxylic acids is 1. The van der Waals surface area contributed by atoms with Crippen molar-refractivity contribution in [2.24, 2.45) is 0 Å². The Kier molecular flexibility index (Phi) is 3.77. The van der Waals surface area contributed by atoms with Crippen LogP contribution in [0.2, 0.25) is 0 Å². The second kappa shape index (κ2) is 5.06. The maximum absolute atomic E-state index is 11.5. The standard InChI is InChI=1S/C11H12N2O3/c1-3-7(2)13-10(14)8-4-5-9(11(15)16)12-6-8/h3-7H,1H2,2H3,(H,13,14)(H,15,16). The topological polar surface area (TPSA) is 79.3 Å². The second-order valence-electron chi connectivity index (χ2n) is 3.24. The molecule has 0 aliphatic rings. The Bertz CT molecular complexity index is 412. The molecule has 1 heterocycles. The zero-order chi connectivity index (χ0) is 12.1. The van der Waals surface area contributed by atoms with Crippen LogP contribution in [0.15, 0.2) is 31.0 Å². The number of nitrogens with one attached hydrogen (secondary N) is 1. The van der Waals surface area contributed by atoms with Crippen LogP contribution >= 0.6 is 0 Å². The van der Waals surface area contributed by atoms with Crippen LogP contribution in [0.5, 0.6) is 0 Å². The minimum atomic E-state index is -1.12. The molecule has 1 aromatic rings. The Morgan fingerprint density at radius 3 is 2.69 bits per heavy atom. The summed E-state index contributed by atoms with van der Waals surface area (Å²) < 4.78 is 0. The Labute approximate surface area is 92.8 Å². The molecule has 84 valence electrons. The van der Waals surface area contributed by atoms with Gasteiger partial charge in [0.25, 0.3) is 5.91 Å². The van der Waals surface area contributed by atoms with E-state index in [1.54, 1.807) is 13.0 Å². The van der Waals surface area contributed by atoms with Crippen LogP contribution in [0, 0.1) is 0 Å². The predicted molar refractivity (Wildman–Crippen MR) is 58.3 cm³/mol. The first-order chi connectivity index (χ1) is 7.54. The van der Waals surface area contributed by atoms with E-state index < -0.39 is 5.97 Å². The molecule has 16 heavy (non-hydrogen) atoms. The molecule has 5 nitrogen and oxygen atoms in total. The molecule has 0 saturated carbocycles. The lowest BCUT2D eigenvalue weighted by molar-refractivity contribution is 0.0689. The second-order valence-corrected chi connectivity index (χ2v) is 3.24. The van der Waals surface area contributed by atoms with Crippen molar-refractivity contribution in [1.29, 1.82) is 0 Å². The third kappa shape index (κ3) is 2.91. The van der Waals surface area contributed by atoms with Crippen molar-refractivity contribution in [2.75, 3.05) is 0 Å². The van der Waals surface area contributed by atoms with Crippen molar-refractivity contribution in [3.05, 3.63) is 42.2 Å². The number of aromatic carboxylic acids is 1. The van der Waals surface area contributed by atoms with Crippen molar-refractivity contribution in [1.82, 2.24) is 10.3 Å². The molecule has 0 fully saturated rings. The van der Waals surface area contributed by atoms with E-state index in [0.717, 1.165) is 0 Å². The first-order valence-corrected chi connectivity index (χ1v) is 4.67. The summed E-state index contributed by atoms with van der Waals surface area (Å²) in [5.41, 5.74) is 0.229. The molecular formula is C11H12N2O3. The van der Waals surface area contributed by atoms with Crippen LogP contribution < -0.4 is 5.32 Å². The smallest absolute Gasteiger partial charge is 0.354 e. The zero-order valence-electron chi connectivity index (χ0n) is 8.80. The minimum Gasteiger partial charge on any atom is -0.477 e. The van der Waals surface area contributed by atoms with Gasteiger partial charge in [0.2, 0.25) is 0 Å².